The summed E-state index contributed by atoms with van der Waals surface area (Å²) >= 11 is 0. The van der Waals surface area contributed by atoms with Gasteiger partial charge in [-0.05, 0) is 61.2 Å². The van der Waals surface area contributed by atoms with Gasteiger partial charge in [0.2, 0.25) is 5.91 Å². The monoisotopic (exact) mass is 470 g/mol. The second-order valence-electron chi connectivity index (χ2n) is 8.41. The molecule has 0 aliphatic rings. The standard InChI is InChI=1S/C27H38N2O5/c1-2-3-4-5-6-7-10-26(31)29-20-21-11-16-24(30)25(19-21)33-17-8-9-18-34-27(32)22-12-14-23(28)15-13-22/h11-16,19,30H,2-10,17-18,20,28H2,1H3,(H,29,31). The van der Waals surface area contributed by atoms with Crippen molar-refractivity contribution in [3.63, 3.8) is 0 Å². The second-order valence-corrected chi connectivity index (χ2v) is 8.41. The van der Waals surface area contributed by atoms with E-state index in [0.717, 1.165) is 18.4 Å². The molecular formula is C27H38N2O5. The Morgan fingerprint density at radius 1 is 0.912 bits per heavy atom. The SMILES string of the molecule is CCCCCCCCC(=O)NCc1ccc(O)c(OCCCCOC(=O)c2ccc(N)cc2)c1. The molecule has 1 amide bonds. The Bertz CT molecular complexity index is 883. The van der Waals surface area contributed by atoms with Crippen LogP contribution in [0.25, 0.3) is 0 Å². The lowest BCUT2D eigenvalue weighted by atomic mass is 10.1. The van der Waals surface area contributed by atoms with Crippen LogP contribution in [0.5, 0.6) is 11.5 Å². The number of phenolic OH excluding ortho intramolecular Hbond substituents is 1. The number of nitrogens with two attached hydrogens (primary N) is 1. The summed E-state index contributed by atoms with van der Waals surface area (Å²) in [6, 6.07) is 11.7. The quantitative estimate of drug-likeness (QED) is 0.173. The van der Waals surface area contributed by atoms with Gasteiger partial charge in [-0.15, -0.1) is 0 Å². The van der Waals surface area contributed by atoms with E-state index in [4.69, 9.17) is 15.2 Å². The maximum absolute atomic E-state index is 12.0. The summed E-state index contributed by atoms with van der Waals surface area (Å²) in [5.74, 6) is 0.0860. The second kappa shape index (κ2) is 15.6. The summed E-state index contributed by atoms with van der Waals surface area (Å²) < 4.78 is 10.9. The first-order chi connectivity index (χ1) is 16.5. The minimum Gasteiger partial charge on any atom is -0.504 e. The number of phenols is 1. The number of nitrogen functional groups attached to an aromatic ring is 1. The Morgan fingerprint density at radius 3 is 2.38 bits per heavy atom. The van der Waals surface area contributed by atoms with Crippen LogP contribution >= 0.6 is 0 Å². The van der Waals surface area contributed by atoms with E-state index in [9.17, 15) is 14.7 Å². The van der Waals surface area contributed by atoms with Gasteiger partial charge >= 0.3 is 5.97 Å². The van der Waals surface area contributed by atoms with Crippen molar-refractivity contribution in [2.45, 2.75) is 71.3 Å². The molecule has 0 saturated heterocycles. The van der Waals surface area contributed by atoms with Gasteiger partial charge in [-0.3, -0.25) is 4.79 Å². The minimum atomic E-state index is -0.384. The van der Waals surface area contributed by atoms with E-state index in [0.29, 0.717) is 49.4 Å². The Hall–Kier alpha value is -3.22. The van der Waals surface area contributed by atoms with E-state index in [-0.39, 0.29) is 24.2 Å². The van der Waals surface area contributed by atoms with Gasteiger partial charge in [0.1, 0.15) is 0 Å². The van der Waals surface area contributed by atoms with Gasteiger partial charge < -0.3 is 25.6 Å². The first-order valence-corrected chi connectivity index (χ1v) is 12.2. The predicted octanol–water partition coefficient (Wildman–Crippen LogP) is 5.36. The predicted molar refractivity (Wildman–Crippen MR) is 134 cm³/mol. The van der Waals surface area contributed by atoms with Crippen LogP contribution in [0, 0.1) is 0 Å². The minimum absolute atomic E-state index is 0.0413. The number of nitrogens with one attached hydrogen (secondary N) is 1. The normalized spacial score (nSPS) is 10.6. The Balaban J connectivity index is 1.62. The molecule has 0 aliphatic heterocycles. The highest BCUT2D eigenvalue weighted by molar-refractivity contribution is 5.89. The first kappa shape index (κ1) is 27.0. The summed E-state index contributed by atoms with van der Waals surface area (Å²) in [6.45, 7) is 3.24. The summed E-state index contributed by atoms with van der Waals surface area (Å²) in [4.78, 5) is 24.0. The van der Waals surface area contributed by atoms with Crippen molar-refractivity contribution in [3.05, 3.63) is 53.6 Å². The van der Waals surface area contributed by atoms with Crippen LogP contribution < -0.4 is 15.8 Å². The van der Waals surface area contributed by atoms with E-state index in [1.165, 1.54) is 25.7 Å². The third-order valence-electron chi connectivity index (χ3n) is 5.45. The molecule has 0 bridgehead atoms. The molecule has 0 aliphatic carbocycles. The highest BCUT2D eigenvalue weighted by Crippen LogP contribution is 2.27. The lowest BCUT2D eigenvalue weighted by Gasteiger charge is -2.11. The molecule has 0 atom stereocenters. The molecule has 186 valence electrons. The van der Waals surface area contributed by atoms with Crippen LogP contribution in [-0.2, 0) is 16.1 Å². The average Bonchev–Trinajstić information content (AvgIpc) is 2.83. The number of carbonyl (C=O) groups is 2. The highest BCUT2D eigenvalue weighted by Gasteiger charge is 2.08. The number of unbranched alkanes of at least 4 members (excludes halogenated alkanes) is 6. The van der Waals surface area contributed by atoms with Gasteiger partial charge in [0, 0.05) is 18.7 Å². The number of carbonyl (C=O) groups excluding carboxylic acids is 2. The van der Waals surface area contributed by atoms with Gasteiger partial charge in [-0.2, -0.15) is 0 Å². The van der Waals surface area contributed by atoms with Gasteiger partial charge in [0.25, 0.3) is 0 Å². The molecule has 0 fully saturated rings. The molecule has 0 heterocycles. The number of benzene rings is 2. The Morgan fingerprint density at radius 2 is 1.62 bits per heavy atom. The molecular weight excluding hydrogens is 432 g/mol. The maximum atomic E-state index is 12.0. The van der Waals surface area contributed by atoms with Crippen LogP contribution in [0.2, 0.25) is 0 Å². The molecule has 2 aromatic carbocycles. The number of rotatable bonds is 16. The van der Waals surface area contributed by atoms with Gasteiger partial charge in [0.05, 0.1) is 18.8 Å². The fourth-order valence-corrected chi connectivity index (χ4v) is 3.39. The zero-order chi connectivity index (χ0) is 24.6. The molecule has 7 heteroatoms. The summed E-state index contributed by atoms with van der Waals surface area (Å²) in [5.41, 5.74) is 7.53. The number of anilines is 1. The fourth-order valence-electron chi connectivity index (χ4n) is 3.39. The Labute approximate surface area is 202 Å². The number of aromatic hydroxyl groups is 1. The van der Waals surface area contributed by atoms with Gasteiger partial charge in [-0.1, -0.05) is 45.1 Å². The smallest absolute Gasteiger partial charge is 0.338 e. The maximum Gasteiger partial charge on any atom is 0.338 e. The Kier molecular flexibility index (Phi) is 12.4. The third kappa shape index (κ3) is 10.6. The van der Waals surface area contributed by atoms with Crippen molar-refractivity contribution in [1.82, 2.24) is 5.32 Å². The highest BCUT2D eigenvalue weighted by atomic mass is 16.5. The number of esters is 1. The van der Waals surface area contributed by atoms with Crippen molar-refractivity contribution >= 4 is 17.6 Å². The zero-order valence-electron chi connectivity index (χ0n) is 20.2. The molecule has 34 heavy (non-hydrogen) atoms. The molecule has 0 unspecified atom stereocenters. The molecule has 0 aromatic heterocycles. The molecule has 0 saturated carbocycles. The number of hydrogen-bond acceptors (Lipinski definition) is 6. The summed E-state index contributed by atoms with van der Waals surface area (Å²) in [5, 5.41) is 13.0. The van der Waals surface area contributed by atoms with Gasteiger partial charge in [-0.25, -0.2) is 4.79 Å². The van der Waals surface area contributed by atoms with Crippen LogP contribution in [0.15, 0.2) is 42.5 Å². The van der Waals surface area contributed by atoms with Gasteiger partial charge in [0.15, 0.2) is 11.5 Å². The summed E-state index contributed by atoms with van der Waals surface area (Å²) in [7, 11) is 0. The van der Waals surface area contributed by atoms with E-state index in [1.54, 1.807) is 42.5 Å². The molecule has 0 radical (unpaired) electrons. The largest absolute Gasteiger partial charge is 0.504 e. The lowest BCUT2D eigenvalue weighted by Crippen LogP contribution is -2.22. The topological polar surface area (TPSA) is 111 Å². The van der Waals surface area contributed by atoms with E-state index in [2.05, 4.69) is 12.2 Å². The molecule has 7 nitrogen and oxygen atoms in total. The van der Waals surface area contributed by atoms with Crippen LogP contribution in [0.3, 0.4) is 0 Å². The number of amides is 1. The molecule has 2 rings (SSSR count). The van der Waals surface area contributed by atoms with Crippen LogP contribution in [-0.4, -0.2) is 30.2 Å². The lowest BCUT2D eigenvalue weighted by molar-refractivity contribution is -0.121. The molecule has 2 aromatic rings. The van der Waals surface area contributed by atoms with E-state index < -0.39 is 0 Å². The number of ether oxygens (including phenoxy) is 2. The zero-order valence-corrected chi connectivity index (χ0v) is 20.2. The number of hydrogen-bond donors (Lipinski definition) is 3. The summed E-state index contributed by atoms with van der Waals surface area (Å²) in [6.07, 6.45) is 8.74. The van der Waals surface area contributed by atoms with E-state index >= 15 is 0 Å². The van der Waals surface area contributed by atoms with Crippen molar-refractivity contribution < 1.29 is 24.2 Å². The van der Waals surface area contributed by atoms with Crippen molar-refractivity contribution in [2.24, 2.45) is 0 Å². The van der Waals surface area contributed by atoms with E-state index in [1.807, 2.05) is 0 Å². The van der Waals surface area contributed by atoms with Crippen molar-refractivity contribution in [3.8, 4) is 11.5 Å². The van der Waals surface area contributed by atoms with Crippen molar-refractivity contribution in [1.29, 1.82) is 0 Å². The van der Waals surface area contributed by atoms with Crippen molar-refractivity contribution in [2.75, 3.05) is 18.9 Å². The molecule has 4 N–H and O–H groups in total. The van der Waals surface area contributed by atoms with Crippen LogP contribution in [0.1, 0.15) is 80.6 Å². The third-order valence-corrected chi connectivity index (χ3v) is 5.45. The average molecular weight is 471 g/mol. The molecule has 0 spiro atoms. The van der Waals surface area contributed by atoms with Crippen LogP contribution in [0.4, 0.5) is 5.69 Å². The fraction of sp³-hybridized carbons (Fsp3) is 0.481. The first-order valence-electron chi connectivity index (χ1n) is 12.2.